The van der Waals surface area contributed by atoms with Crippen LogP contribution in [0.5, 0.6) is 0 Å². The molecule has 1 aliphatic heterocycles. The number of hydrogen-bond donors (Lipinski definition) is 1. The Morgan fingerprint density at radius 2 is 2.00 bits per heavy atom. The van der Waals surface area contributed by atoms with Crippen molar-refractivity contribution >= 4 is 21.6 Å². The van der Waals surface area contributed by atoms with E-state index < -0.39 is 0 Å². The van der Waals surface area contributed by atoms with Crippen LogP contribution in [-0.2, 0) is 0 Å². The van der Waals surface area contributed by atoms with Crippen molar-refractivity contribution in [3.05, 3.63) is 27.7 Å². The summed E-state index contributed by atoms with van der Waals surface area (Å²) in [7, 11) is 0. The van der Waals surface area contributed by atoms with Crippen molar-refractivity contribution in [1.29, 1.82) is 0 Å². The standard InChI is InChI=1S/C16H25BrN2/c1-5-11(2)15-10-19(7-6-18-15)16-12(3)8-14(17)9-13(16)4/h8-9,11,15,18H,5-7,10H2,1-4H3. The molecule has 2 unspecified atom stereocenters. The van der Waals surface area contributed by atoms with E-state index in [1.165, 1.54) is 27.7 Å². The number of hydrogen-bond acceptors (Lipinski definition) is 2. The predicted octanol–water partition coefficient (Wildman–Crippen LogP) is 3.89. The smallest absolute Gasteiger partial charge is 0.0427 e. The molecule has 1 saturated heterocycles. The second-order valence-corrected chi connectivity index (χ2v) is 6.70. The number of nitrogens with zero attached hydrogens (tertiary/aromatic N) is 1. The molecule has 0 aromatic heterocycles. The molecule has 0 aliphatic carbocycles. The largest absolute Gasteiger partial charge is 0.368 e. The van der Waals surface area contributed by atoms with Crippen LogP contribution in [0.1, 0.15) is 31.4 Å². The lowest BCUT2D eigenvalue weighted by atomic mass is 9.96. The summed E-state index contributed by atoms with van der Waals surface area (Å²) < 4.78 is 1.18. The first-order chi connectivity index (χ1) is 9.02. The van der Waals surface area contributed by atoms with Gasteiger partial charge in [0.15, 0.2) is 0 Å². The highest BCUT2D eigenvalue weighted by atomic mass is 79.9. The van der Waals surface area contributed by atoms with Gasteiger partial charge in [-0.15, -0.1) is 0 Å². The quantitative estimate of drug-likeness (QED) is 0.907. The van der Waals surface area contributed by atoms with Gasteiger partial charge in [0.2, 0.25) is 0 Å². The van der Waals surface area contributed by atoms with Crippen LogP contribution in [0.25, 0.3) is 0 Å². The minimum Gasteiger partial charge on any atom is -0.368 e. The Morgan fingerprint density at radius 1 is 1.37 bits per heavy atom. The fourth-order valence-electron chi connectivity index (χ4n) is 3.05. The van der Waals surface area contributed by atoms with E-state index in [4.69, 9.17) is 0 Å². The minimum absolute atomic E-state index is 0.612. The summed E-state index contributed by atoms with van der Waals surface area (Å²) in [5.41, 5.74) is 4.17. The summed E-state index contributed by atoms with van der Waals surface area (Å²) >= 11 is 3.59. The van der Waals surface area contributed by atoms with E-state index in [9.17, 15) is 0 Å². The van der Waals surface area contributed by atoms with Crippen LogP contribution in [0.3, 0.4) is 0 Å². The van der Waals surface area contributed by atoms with Gasteiger partial charge < -0.3 is 10.2 Å². The molecule has 2 nitrogen and oxygen atoms in total. The molecule has 1 aliphatic rings. The zero-order chi connectivity index (χ0) is 14.0. The lowest BCUT2D eigenvalue weighted by Gasteiger charge is -2.39. The van der Waals surface area contributed by atoms with Crippen molar-refractivity contribution in [2.75, 3.05) is 24.5 Å². The Labute approximate surface area is 125 Å². The van der Waals surface area contributed by atoms with Crippen LogP contribution in [-0.4, -0.2) is 25.7 Å². The summed E-state index contributed by atoms with van der Waals surface area (Å²) in [4.78, 5) is 2.56. The molecule has 0 radical (unpaired) electrons. The third-order valence-electron chi connectivity index (χ3n) is 4.31. The molecule has 0 bridgehead atoms. The summed E-state index contributed by atoms with van der Waals surface area (Å²) in [6.07, 6.45) is 1.24. The zero-order valence-electron chi connectivity index (χ0n) is 12.5. The molecule has 1 heterocycles. The van der Waals surface area contributed by atoms with Gasteiger partial charge in [-0.1, -0.05) is 36.2 Å². The molecular weight excluding hydrogens is 300 g/mol. The minimum atomic E-state index is 0.612. The van der Waals surface area contributed by atoms with Crippen LogP contribution < -0.4 is 10.2 Å². The van der Waals surface area contributed by atoms with Crippen LogP contribution >= 0.6 is 15.9 Å². The average Bonchev–Trinajstić information content (AvgIpc) is 2.37. The van der Waals surface area contributed by atoms with Crippen molar-refractivity contribution in [3.8, 4) is 0 Å². The third-order valence-corrected chi connectivity index (χ3v) is 4.77. The first kappa shape index (κ1) is 14.9. The van der Waals surface area contributed by atoms with E-state index in [1.54, 1.807) is 0 Å². The lowest BCUT2D eigenvalue weighted by molar-refractivity contribution is 0.341. The first-order valence-corrected chi connectivity index (χ1v) is 8.07. The Hall–Kier alpha value is -0.540. The van der Waals surface area contributed by atoms with E-state index in [-0.39, 0.29) is 0 Å². The van der Waals surface area contributed by atoms with Crippen LogP contribution in [0.4, 0.5) is 5.69 Å². The summed E-state index contributed by atoms with van der Waals surface area (Å²) in [5.74, 6) is 0.735. The van der Waals surface area contributed by atoms with Gasteiger partial charge in [-0.3, -0.25) is 0 Å². The van der Waals surface area contributed by atoms with Gasteiger partial charge >= 0.3 is 0 Å². The van der Waals surface area contributed by atoms with E-state index in [1.807, 2.05) is 0 Å². The predicted molar refractivity (Wildman–Crippen MR) is 87.1 cm³/mol. The lowest BCUT2D eigenvalue weighted by Crippen LogP contribution is -2.53. The van der Waals surface area contributed by atoms with Crippen molar-refractivity contribution in [3.63, 3.8) is 0 Å². The number of nitrogens with one attached hydrogen (secondary N) is 1. The summed E-state index contributed by atoms with van der Waals surface area (Å²) in [6.45, 7) is 12.4. The molecule has 0 spiro atoms. The van der Waals surface area contributed by atoms with Crippen molar-refractivity contribution in [2.45, 2.75) is 40.2 Å². The van der Waals surface area contributed by atoms with Crippen molar-refractivity contribution in [1.82, 2.24) is 5.32 Å². The van der Waals surface area contributed by atoms with Gasteiger partial charge in [0, 0.05) is 35.8 Å². The van der Waals surface area contributed by atoms with Gasteiger partial charge in [-0.25, -0.2) is 0 Å². The second-order valence-electron chi connectivity index (χ2n) is 5.78. The van der Waals surface area contributed by atoms with Gasteiger partial charge in [0.25, 0.3) is 0 Å². The topological polar surface area (TPSA) is 15.3 Å². The van der Waals surface area contributed by atoms with Crippen LogP contribution in [0.2, 0.25) is 0 Å². The number of halogens is 1. The SMILES string of the molecule is CCC(C)C1CN(c2c(C)cc(Br)cc2C)CCN1. The molecule has 0 saturated carbocycles. The molecular formula is C16H25BrN2. The molecule has 1 aromatic carbocycles. The second kappa shape index (κ2) is 6.27. The molecule has 1 aromatic rings. The maximum absolute atomic E-state index is 3.67. The van der Waals surface area contributed by atoms with Crippen LogP contribution in [0.15, 0.2) is 16.6 Å². The number of aryl methyl sites for hydroxylation is 2. The number of benzene rings is 1. The molecule has 3 heteroatoms. The summed E-state index contributed by atoms with van der Waals surface area (Å²) in [6, 6.07) is 5.06. The van der Waals surface area contributed by atoms with Gasteiger partial charge in [0.05, 0.1) is 0 Å². The molecule has 106 valence electrons. The number of rotatable bonds is 3. The number of piperazine rings is 1. The molecule has 1 N–H and O–H groups in total. The van der Waals surface area contributed by atoms with E-state index in [0.29, 0.717) is 6.04 Å². The fraction of sp³-hybridized carbons (Fsp3) is 0.625. The highest BCUT2D eigenvalue weighted by Crippen LogP contribution is 2.30. The van der Waals surface area contributed by atoms with Crippen LogP contribution in [0, 0.1) is 19.8 Å². The highest BCUT2D eigenvalue weighted by molar-refractivity contribution is 9.10. The Bertz CT molecular complexity index is 421. The third kappa shape index (κ3) is 3.32. The van der Waals surface area contributed by atoms with E-state index >= 15 is 0 Å². The number of anilines is 1. The molecule has 1 fully saturated rings. The monoisotopic (exact) mass is 324 g/mol. The first-order valence-electron chi connectivity index (χ1n) is 7.28. The zero-order valence-corrected chi connectivity index (χ0v) is 14.0. The Morgan fingerprint density at radius 3 is 2.58 bits per heavy atom. The maximum Gasteiger partial charge on any atom is 0.0427 e. The van der Waals surface area contributed by atoms with Gasteiger partial charge in [0.1, 0.15) is 0 Å². The normalized spacial score (nSPS) is 21.5. The van der Waals surface area contributed by atoms with Crippen molar-refractivity contribution < 1.29 is 0 Å². The van der Waals surface area contributed by atoms with Gasteiger partial charge in [-0.05, 0) is 43.0 Å². The van der Waals surface area contributed by atoms with E-state index in [2.05, 4.69) is 66.0 Å². The van der Waals surface area contributed by atoms with E-state index in [0.717, 1.165) is 25.6 Å². The average molecular weight is 325 g/mol. The summed E-state index contributed by atoms with van der Waals surface area (Å²) in [5, 5.41) is 3.67. The van der Waals surface area contributed by atoms with Gasteiger partial charge in [-0.2, -0.15) is 0 Å². The fourth-order valence-corrected chi connectivity index (χ4v) is 3.74. The Balaban J connectivity index is 2.22. The Kier molecular flexibility index (Phi) is 4.91. The molecule has 19 heavy (non-hydrogen) atoms. The molecule has 2 rings (SSSR count). The molecule has 2 atom stereocenters. The van der Waals surface area contributed by atoms with Crippen molar-refractivity contribution in [2.24, 2.45) is 5.92 Å². The maximum atomic E-state index is 3.67. The molecule has 0 amide bonds. The highest BCUT2D eigenvalue weighted by Gasteiger charge is 2.24.